The molecule has 0 saturated heterocycles. The number of aryl methyl sites for hydroxylation is 1. The lowest BCUT2D eigenvalue weighted by Gasteiger charge is -1.96. The third-order valence-electron chi connectivity index (χ3n) is 2.96. The van der Waals surface area contributed by atoms with Crippen LogP contribution in [0.1, 0.15) is 11.4 Å². The Morgan fingerprint density at radius 2 is 2.05 bits per heavy atom. The number of nitrogen functional groups attached to an aromatic ring is 1. The van der Waals surface area contributed by atoms with Crippen LogP contribution in [0.5, 0.6) is 0 Å². The summed E-state index contributed by atoms with van der Waals surface area (Å²) in [5.41, 5.74) is 7.65. The molecular formula is C13H12BrN5O. The van der Waals surface area contributed by atoms with Gasteiger partial charge in [0.1, 0.15) is 11.4 Å². The Morgan fingerprint density at radius 3 is 2.70 bits per heavy atom. The molecule has 0 aliphatic heterocycles. The first-order valence-corrected chi connectivity index (χ1v) is 6.77. The zero-order valence-electron chi connectivity index (χ0n) is 10.7. The number of nitrogens with two attached hydrogens (primary N) is 1. The van der Waals surface area contributed by atoms with Crippen LogP contribution >= 0.6 is 15.9 Å². The molecule has 7 heteroatoms. The molecule has 0 atom stereocenters. The highest BCUT2D eigenvalue weighted by atomic mass is 79.9. The average molecular weight is 334 g/mol. The van der Waals surface area contributed by atoms with E-state index >= 15 is 0 Å². The summed E-state index contributed by atoms with van der Waals surface area (Å²) in [6.45, 7) is 0. The zero-order valence-corrected chi connectivity index (χ0v) is 12.3. The Hall–Kier alpha value is -2.15. The van der Waals surface area contributed by atoms with Crippen molar-refractivity contribution >= 4 is 21.7 Å². The highest BCUT2D eigenvalue weighted by molar-refractivity contribution is 9.10. The molecule has 20 heavy (non-hydrogen) atoms. The highest BCUT2D eigenvalue weighted by Crippen LogP contribution is 2.23. The molecule has 0 fully saturated rings. The van der Waals surface area contributed by atoms with Crippen molar-refractivity contribution in [3.05, 3.63) is 46.3 Å². The summed E-state index contributed by atoms with van der Waals surface area (Å²) in [7, 11) is 1.76. The van der Waals surface area contributed by atoms with Crippen molar-refractivity contribution in [3.8, 4) is 11.5 Å². The fourth-order valence-electron chi connectivity index (χ4n) is 1.83. The van der Waals surface area contributed by atoms with E-state index in [0.717, 1.165) is 10.0 Å². The van der Waals surface area contributed by atoms with Crippen molar-refractivity contribution in [1.29, 1.82) is 0 Å². The largest absolute Gasteiger partial charge is 0.383 e. The van der Waals surface area contributed by atoms with Crippen LogP contribution in [-0.4, -0.2) is 19.9 Å². The topological polar surface area (TPSA) is 82.8 Å². The van der Waals surface area contributed by atoms with Gasteiger partial charge in [-0.3, -0.25) is 4.68 Å². The SMILES string of the molecule is Cn1ncc(-c2nc(Cc3ccc(Br)cc3)no2)c1N. The van der Waals surface area contributed by atoms with Gasteiger partial charge >= 0.3 is 0 Å². The molecule has 0 bridgehead atoms. The minimum absolute atomic E-state index is 0.391. The molecule has 0 aliphatic rings. The zero-order chi connectivity index (χ0) is 14.1. The minimum atomic E-state index is 0.391. The number of aromatic nitrogens is 4. The number of rotatable bonds is 3. The van der Waals surface area contributed by atoms with Gasteiger partial charge in [-0.1, -0.05) is 33.2 Å². The first-order chi connectivity index (χ1) is 9.63. The van der Waals surface area contributed by atoms with Crippen molar-refractivity contribution in [2.75, 3.05) is 5.73 Å². The van der Waals surface area contributed by atoms with Crippen LogP contribution < -0.4 is 5.73 Å². The number of hydrogen-bond acceptors (Lipinski definition) is 5. The maximum atomic E-state index is 5.88. The Kier molecular flexibility index (Phi) is 3.27. The van der Waals surface area contributed by atoms with Crippen LogP contribution in [0.2, 0.25) is 0 Å². The van der Waals surface area contributed by atoms with E-state index in [1.165, 1.54) is 0 Å². The van der Waals surface area contributed by atoms with E-state index in [-0.39, 0.29) is 0 Å². The first kappa shape index (κ1) is 12.9. The quantitative estimate of drug-likeness (QED) is 0.795. The van der Waals surface area contributed by atoms with Gasteiger partial charge in [-0.05, 0) is 17.7 Å². The summed E-state index contributed by atoms with van der Waals surface area (Å²) >= 11 is 3.40. The number of benzene rings is 1. The number of halogens is 1. The van der Waals surface area contributed by atoms with Gasteiger partial charge in [0.05, 0.1) is 6.20 Å². The van der Waals surface area contributed by atoms with Crippen molar-refractivity contribution in [1.82, 2.24) is 19.9 Å². The van der Waals surface area contributed by atoms with Crippen molar-refractivity contribution < 1.29 is 4.52 Å². The van der Waals surface area contributed by atoms with Crippen molar-refractivity contribution in [2.24, 2.45) is 7.05 Å². The van der Waals surface area contributed by atoms with E-state index in [1.54, 1.807) is 17.9 Å². The van der Waals surface area contributed by atoms with Crippen LogP contribution in [0.15, 0.2) is 39.5 Å². The first-order valence-electron chi connectivity index (χ1n) is 5.98. The molecule has 2 aromatic heterocycles. The normalized spacial score (nSPS) is 10.9. The summed E-state index contributed by atoms with van der Waals surface area (Å²) in [6, 6.07) is 7.99. The fraction of sp³-hybridized carbons (Fsp3) is 0.154. The lowest BCUT2D eigenvalue weighted by atomic mass is 10.1. The second kappa shape index (κ2) is 5.09. The van der Waals surface area contributed by atoms with E-state index in [9.17, 15) is 0 Å². The van der Waals surface area contributed by atoms with E-state index in [4.69, 9.17) is 10.3 Å². The molecule has 0 aliphatic carbocycles. The molecule has 1 aromatic carbocycles. The van der Waals surface area contributed by atoms with Gasteiger partial charge in [-0.2, -0.15) is 10.1 Å². The van der Waals surface area contributed by atoms with Gasteiger partial charge in [0.25, 0.3) is 5.89 Å². The predicted molar refractivity (Wildman–Crippen MR) is 77.9 cm³/mol. The van der Waals surface area contributed by atoms with Gasteiger partial charge in [-0.15, -0.1) is 0 Å². The van der Waals surface area contributed by atoms with Gasteiger partial charge in [0.15, 0.2) is 5.82 Å². The summed E-state index contributed by atoms with van der Waals surface area (Å²) in [5.74, 6) is 1.51. The Balaban J connectivity index is 1.83. The summed E-state index contributed by atoms with van der Waals surface area (Å²) in [5, 5.41) is 8.02. The third kappa shape index (κ3) is 2.44. The standard InChI is InChI=1S/C13H12BrN5O/c1-19-12(15)10(7-16-19)13-17-11(18-20-13)6-8-2-4-9(14)5-3-8/h2-5,7H,6,15H2,1H3. The van der Waals surface area contributed by atoms with E-state index < -0.39 is 0 Å². The second-order valence-electron chi connectivity index (χ2n) is 4.39. The molecule has 3 aromatic rings. The van der Waals surface area contributed by atoms with Crippen LogP contribution in [-0.2, 0) is 13.5 Å². The van der Waals surface area contributed by atoms with Gasteiger partial charge in [0, 0.05) is 17.9 Å². The van der Waals surface area contributed by atoms with Crippen molar-refractivity contribution in [2.45, 2.75) is 6.42 Å². The molecule has 0 radical (unpaired) electrons. The second-order valence-corrected chi connectivity index (χ2v) is 5.30. The smallest absolute Gasteiger partial charge is 0.263 e. The number of hydrogen-bond donors (Lipinski definition) is 1. The maximum Gasteiger partial charge on any atom is 0.263 e. The average Bonchev–Trinajstić information content (AvgIpc) is 3.01. The lowest BCUT2D eigenvalue weighted by Crippen LogP contribution is -1.98. The fourth-order valence-corrected chi connectivity index (χ4v) is 2.10. The molecule has 2 heterocycles. The predicted octanol–water partition coefficient (Wildman–Crippen LogP) is 2.41. The molecule has 6 nitrogen and oxygen atoms in total. The van der Waals surface area contributed by atoms with E-state index in [0.29, 0.717) is 29.5 Å². The molecule has 2 N–H and O–H groups in total. The van der Waals surface area contributed by atoms with Gasteiger partial charge < -0.3 is 10.3 Å². The number of nitrogens with zero attached hydrogens (tertiary/aromatic N) is 4. The molecule has 102 valence electrons. The third-order valence-corrected chi connectivity index (χ3v) is 3.49. The monoisotopic (exact) mass is 333 g/mol. The van der Waals surface area contributed by atoms with Crippen LogP contribution in [0, 0.1) is 0 Å². The van der Waals surface area contributed by atoms with E-state index in [1.807, 2.05) is 24.3 Å². The molecule has 0 amide bonds. The van der Waals surface area contributed by atoms with Crippen LogP contribution in [0.25, 0.3) is 11.5 Å². The highest BCUT2D eigenvalue weighted by Gasteiger charge is 2.15. The molecule has 0 saturated carbocycles. The van der Waals surface area contributed by atoms with Crippen LogP contribution in [0.4, 0.5) is 5.82 Å². The van der Waals surface area contributed by atoms with Gasteiger partial charge in [-0.25, -0.2) is 0 Å². The summed E-state index contributed by atoms with van der Waals surface area (Å²) in [4.78, 5) is 4.35. The minimum Gasteiger partial charge on any atom is -0.383 e. The Bertz CT molecular complexity index is 732. The Morgan fingerprint density at radius 1 is 1.30 bits per heavy atom. The summed E-state index contributed by atoms with van der Waals surface area (Å²) in [6.07, 6.45) is 2.23. The number of anilines is 1. The summed E-state index contributed by atoms with van der Waals surface area (Å²) < 4.78 is 7.84. The Labute approximate surface area is 123 Å². The maximum absolute atomic E-state index is 5.88. The molecule has 0 unspecified atom stereocenters. The van der Waals surface area contributed by atoms with E-state index in [2.05, 4.69) is 31.2 Å². The van der Waals surface area contributed by atoms with Crippen molar-refractivity contribution in [3.63, 3.8) is 0 Å². The van der Waals surface area contributed by atoms with Gasteiger partial charge in [0.2, 0.25) is 0 Å². The molecule has 0 spiro atoms. The molecule has 3 rings (SSSR count). The lowest BCUT2D eigenvalue weighted by molar-refractivity contribution is 0.424. The molecular weight excluding hydrogens is 322 g/mol. The van der Waals surface area contributed by atoms with Crippen LogP contribution in [0.3, 0.4) is 0 Å².